The molecule has 8 heteroatoms. The third kappa shape index (κ3) is 5.10. The number of thioether (sulfide) groups is 1. The highest BCUT2D eigenvalue weighted by Crippen LogP contribution is 2.35. The highest BCUT2D eigenvalue weighted by Gasteiger charge is 2.28. The van der Waals surface area contributed by atoms with Crippen LogP contribution in [0.3, 0.4) is 0 Å². The summed E-state index contributed by atoms with van der Waals surface area (Å²) in [6.07, 6.45) is 4.38. The SMILES string of the molecule is C[C@]1(O)CC[C@@H](SCc2nc3cc(OCC4CCOC4)cc(F)c3c(=O)[nH]2)CC1. The Balaban J connectivity index is 1.46. The van der Waals surface area contributed by atoms with Crippen molar-refractivity contribution in [2.75, 3.05) is 19.8 Å². The molecule has 0 bridgehead atoms. The lowest BCUT2D eigenvalue weighted by Gasteiger charge is -2.32. The zero-order chi connectivity index (χ0) is 20.4. The molecule has 0 amide bonds. The number of ether oxygens (including phenoxy) is 2. The largest absolute Gasteiger partial charge is 0.493 e. The maximum absolute atomic E-state index is 14.5. The number of aromatic amines is 1. The van der Waals surface area contributed by atoms with E-state index in [2.05, 4.69) is 9.97 Å². The first-order chi connectivity index (χ1) is 13.9. The number of benzene rings is 1. The molecule has 29 heavy (non-hydrogen) atoms. The van der Waals surface area contributed by atoms with Crippen LogP contribution in [-0.4, -0.2) is 45.7 Å². The number of halogens is 1. The molecule has 1 aromatic carbocycles. The molecule has 1 atom stereocenters. The molecule has 1 saturated heterocycles. The van der Waals surface area contributed by atoms with Gasteiger partial charge in [-0.2, -0.15) is 11.8 Å². The summed E-state index contributed by atoms with van der Waals surface area (Å²) < 4.78 is 25.6. The van der Waals surface area contributed by atoms with Gasteiger partial charge in [-0.05, 0) is 39.0 Å². The number of hydrogen-bond donors (Lipinski definition) is 2. The summed E-state index contributed by atoms with van der Waals surface area (Å²) in [4.78, 5) is 19.6. The average Bonchev–Trinajstić information content (AvgIpc) is 3.18. The molecule has 0 radical (unpaired) electrons. The summed E-state index contributed by atoms with van der Waals surface area (Å²) in [6.45, 7) is 3.73. The van der Waals surface area contributed by atoms with Crippen molar-refractivity contribution in [3.05, 3.63) is 34.1 Å². The minimum absolute atomic E-state index is 0.0380. The first-order valence-electron chi connectivity index (χ1n) is 10.2. The lowest BCUT2D eigenvalue weighted by molar-refractivity contribution is 0.0240. The van der Waals surface area contributed by atoms with Crippen LogP contribution in [0, 0.1) is 11.7 Å². The van der Waals surface area contributed by atoms with Crippen molar-refractivity contribution in [3.8, 4) is 5.75 Å². The van der Waals surface area contributed by atoms with Gasteiger partial charge in [-0.15, -0.1) is 0 Å². The van der Waals surface area contributed by atoms with Gasteiger partial charge in [0.05, 0.1) is 30.1 Å². The van der Waals surface area contributed by atoms with Crippen LogP contribution in [0.15, 0.2) is 16.9 Å². The highest BCUT2D eigenvalue weighted by molar-refractivity contribution is 7.99. The number of H-pyrrole nitrogens is 1. The normalized spacial score (nSPS) is 27.4. The van der Waals surface area contributed by atoms with Gasteiger partial charge in [0.15, 0.2) is 0 Å². The predicted molar refractivity (Wildman–Crippen MR) is 111 cm³/mol. The molecule has 2 aliphatic rings. The van der Waals surface area contributed by atoms with Crippen molar-refractivity contribution in [2.24, 2.45) is 5.92 Å². The monoisotopic (exact) mass is 422 g/mol. The number of nitrogens with one attached hydrogen (secondary N) is 1. The molecular formula is C21H27FN2O4S. The number of nitrogens with zero attached hydrogens (tertiary/aromatic N) is 1. The van der Waals surface area contributed by atoms with Crippen LogP contribution in [0.2, 0.25) is 0 Å². The Hall–Kier alpha value is -1.64. The summed E-state index contributed by atoms with van der Waals surface area (Å²) in [5, 5.41) is 10.5. The zero-order valence-corrected chi connectivity index (χ0v) is 17.4. The Kier molecular flexibility index (Phi) is 6.13. The number of aromatic nitrogens is 2. The molecule has 1 saturated carbocycles. The van der Waals surface area contributed by atoms with E-state index < -0.39 is 17.0 Å². The average molecular weight is 423 g/mol. The minimum Gasteiger partial charge on any atom is -0.493 e. The fourth-order valence-electron chi connectivity index (χ4n) is 3.91. The molecule has 2 N–H and O–H groups in total. The van der Waals surface area contributed by atoms with Crippen molar-refractivity contribution >= 4 is 22.7 Å². The van der Waals surface area contributed by atoms with Crippen LogP contribution < -0.4 is 10.3 Å². The van der Waals surface area contributed by atoms with Gasteiger partial charge >= 0.3 is 0 Å². The zero-order valence-electron chi connectivity index (χ0n) is 16.6. The van der Waals surface area contributed by atoms with Crippen LogP contribution in [0.1, 0.15) is 44.9 Å². The molecular weight excluding hydrogens is 395 g/mol. The summed E-state index contributed by atoms with van der Waals surface area (Å²) in [6, 6.07) is 2.88. The molecule has 158 valence electrons. The molecule has 2 fully saturated rings. The van der Waals surface area contributed by atoms with Crippen LogP contribution in [0.5, 0.6) is 5.75 Å². The van der Waals surface area contributed by atoms with Gasteiger partial charge in [-0.1, -0.05) is 0 Å². The molecule has 0 spiro atoms. The van der Waals surface area contributed by atoms with Crippen LogP contribution >= 0.6 is 11.8 Å². The van der Waals surface area contributed by atoms with Gasteiger partial charge in [-0.3, -0.25) is 4.79 Å². The molecule has 2 heterocycles. The van der Waals surface area contributed by atoms with E-state index >= 15 is 0 Å². The van der Waals surface area contributed by atoms with Crippen LogP contribution in [-0.2, 0) is 10.5 Å². The van der Waals surface area contributed by atoms with Crippen molar-refractivity contribution in [1.82, 2.24) is 9.97 Å². The quantitative estimate of drug-likeness (QED) is 0.742. The van der Waals surface area contributed by atoms with Crippen molar-refractivity contribution in [1.29, 1.82) is 0 Å². The Morgan fingerprint density at radius 2 is 2.17 bits per heavy atom. The number of aliphatic hydroxyl groups is 1. The van der Waals surface area contributed by atoms with Crippen LogP contribution in [0.4, 0.5) is 4.39 Å². The second kappa shape index (κ2) is 8.62. The standard InChI is InChI=1S/C21H27FN2O4S/c1-21(26)5-2-15(3-6-21)29-12-18-23-17-9-14(28-11-13-4-7-27-10-13)8-16(22)19(17)20(25)24-18/h8-9,13,15,26H,2-7,10-12H2,1H3,(H,23,24,25)/t13?,15-,21+. The lowest BCUT2D eigenvalue weighted by atomic mass is 9.86. The summed E-state index contributed by atoms with van der Waals surface area (Å²) in [5.41, 5.74) is -0.718. The summed E-state index contributed by atoms with van der Waals surface area (Å²) in [7, 11) is 0. The smallest absolute Gasteiger partial charge is 0.261 e. The predicted octanol–water partition coefficient (Wildman–Crippen LogP) is 3.40. The lowest BCUT2D eigenvalue weighted by Crippen LogP contribution is -2.31. The van der Waals surface area contributed by atoms with E-state index in [1.54, 1.807) is 17.8 Å². The van der Waals surface area contributed by atoms with E-state index in [1.807, 2.05) is 6.92 Å². The maximum Gasteiger partial charge on any atom is 0.261 e. The van der Waals surface area contributed by atoms with E-state index in [9.17, 15) is 14.3 Å². The fraction of sp³-hybridized carbons (Fsp3) is 0.619. The van der Waals surface area contributed by atoms with Crippen LogP contribution in [0.25, 0.3) is 10.9 Å². The third-order valence-corrected chi connectivity index (χ3v) is 7.14. The first kappa shape index (κ1) is 20.6. The molecule has 1 aromatic heterocycles. The van der Waals surface area contributed by atoms with E-state index in [0.717, 1.165) is 38.7 Å². The molecule has 6 nitrogen and oxygen atoms in total. The van der Waals surface area contributed by atoms with E-state index in [0.29, 0.717) is 47.2 Å². The maximum atomic E-state index is 14.5. The van der Waals surface area contributed by atoms with Gasteiger partial charge < -0.3 is 19.6 Å². The Bertz CT molecular complexity index is 917. The van der Waals surface area contributed by atoms with Crippen molar-refractivity contribution in [2.45, 2.75) is 55.6 Å². The minimum atomic E-state index is -0.623. The molecule has 4 rings (SSSR count). The second-order valence-electron chi connectivity index (χ2n) is 8.36. The third-order valence-electron chi connectivity index (χ3n) is 5.76. The summed E-state index contributed by atoms with van der Waals surface area (Å²) >= 11 is 1.72. The number of hydrogen-bond acceptors (Lipinski definition) is 6. The van der Waals surface area contributed by atoms with Gasteiger partial charge in [-0.25, -0.2) is 9.37 Å². The van der Waals surface area contributed by atoms with Gasteiger partial charge in [0.2, 0.25) is 0 Å². The number of rotatable bonds is 6. The van der Waals surface area contributed by atoms with Crippen molar-refractivity contribution in [3.63, 3.8) is 0 Å². The number of fused-ring (bicyclic) bond motifs is 1. The molecule has 1 aliphatic heterocycles. The van der Waals surface area contributed by atoms with E-state index in [1.165, 1.54) is 6.07 Å². The van der Waals surface area contributed by atoms with Gasteiger partial charge in [0.1, 0.15) is 22.8 Å². The topological polar surface area (TPSA) is 84.4 Å². The van der Waals surface area contributed by atoms with Gasteiger partial charge in [0.25, 0.3) is 5.56 Å². The summed E-state index contributed by atoms with van der Waals surface area (Å²) in [5.74, 6) is 1.15. The fourth-order valence-corrected chi connectivity index (χ4v) is 5.00. The Labute approximate surface area is 173 Å². The van der Waals surface area contributed by atoms with Crippen molar-refractivity contribution < 1.29 is 19.0 Å². The van der Waals surface area contributed by atoms with Gasteiger partial charge in [0, 0.05) is 29.9 Å². The first-order valence-corrected chi connectivity index (χ1v) is 11.2. The Morgan fingerprint density at radius 1 is 1.38 bits per heavy atom. The van der Waals surface area contributed by atoms with E-state index in [-0.39, 0.29) is 5.39 Å². The molecule has 1 unspecified atom stereocenters. The molecule has 1 aliphatic carbocycles. The second-order valence-corrected chi connectivity index (χ2v) is 9.65. The molecule has 2 aromatic rings. The Morgan fingerprint density at radius 3 is 2.90 bits per heavy atom. The highest BCUT2D eigenvalue weighted by atomic mass is 32.2. The van der Waals surface area contributed by atoms with E-state index in [4.69, 9.17) is 9.47 Å².